The van der Waals surface area contributed by atoms with Crippen LogP contribution in [0, 0.1) is 0 Å². The maximum absolute atomic E-state index is 5.74. The Morgan fingerprint density at radius 1 is 0.893 bits per heavy atom. The number of ether oxygens (including phenoxy) is 1. The normalized spacial score (nSPS) is 11.0. The quantitative estimate of drug-likeness (QED) is 0.474. The monoisotopic (exact) mass is 385 g/mol. The minimum absolute atomic E-state index is 0.303. The SMILES string of the molecule is c1ccc(-c2nc(-c3ccc4cc(OCc5nnn[nH]5)ccc4c3)cs2)cc1. The summed E-state index contributed by atoms with van der Waals surface area (Å²) in [6.07, 6.45) is 0. The van der Waals surface area contributed by atoms with Crippen LogP contribution in [0.5, 0.6) is 5.75 Å². The van der Waals surface area contributed by atoms with Crippen molar-refractivity contribution in [2.24, 2.45) is 0 Å². The Labute approximate surface area is 164 Å². The molecule has 6 nitrogen and oxygen atoms in total. The zero-order valence-electron chi connectivity index (χ0n) is 14.7. The highest BCUT2D eigenvalue weighted by Crippen LogP contribution is 2.31. The largest absolute Gasteiger partial charge is 0.486 e. The van der Waals surface area contributed by atoms with E-state index in [0.717, 1.165) is 38.4 Å². The predicted octanol–water partition coefficient (Wildman–Crippen LogP) is 4.72. The second-order valence-corrected chi connectivity index (χ2v) is 7.12. The summed E-state index contributed by atoms with van der Waals surface area (Å²) < 4.78 is 5.74. The molecule has 2 aromatic heterocycles. The van der Waals surface area contributed by atoms with Gasteiger partial charge in [-0.3, -0.25) is 0 Å². The number of aromatic amines is 1. The molecule has 0 aliphatic rings. The molecular formula is C21H15N5OS. The minimum Gasteiger partial charge on any atom is -0.486 e. The number of aromatic nitrogens is 5. The summed E-state index contributed by atoms with van der Waals surface area (Å²) in [6.45, 7) is 0.303. The zero-order valence-corrected chi connectivity index (χ0v) is 15.6. The number of thiazole rings is 1. The van der Waals surface area contributed by atoms with Crippen LogP contribution in [0.1, 0.15) is 5.82 Å². The van der Waals surface area contributed by atoms with E-state index in [2.05, 4.69) is 62.4 Å². The third-order valence-electron chi connectivity index (χ3n) is 4.40. The van der Waals surface area contributed by atoms with E-state index >= 15 is 0 Å². The van der Waals surface area contributed by atoms with Gasteiger partial charge in [-0.1, -0.05) is 48.5 Å². The number of nitrogens with one attached hydrogen (secondary N) is 1. The Hall–Kier alpha value is -3.58. The van der Waals surface area contributed by atoms with Crippen molar-refractivity contribution in [3.05, 3.63) is 77.9 Å². The van der Waals surface area contributed by atoms with Gasteiger partial charge in [0, 0.05) is 16.5 Å². The van der Waals surface area contributed by atoms with E-state index < -0.39 is 0 Å². The second-order valence-electron chi connectivity index (χ2n) is 6.26. The van der Waals surface area contributed by atoms with E-state index in [9.17, 15) is 0 Å². The fourth-order valence-corrected chi connectivity index (χ4v) is 3.82. The lowest BCUT2D eigenvalue weighted by atomic mass is 10.1. The van der Waals surface area contributed by atoms with Crippen LogP contribution in [0.2, 0.25) is 0 Å². The molecule has 3 aromatic carbocycles. The van der Waals surface area contributed by atoms with Crippen molar-refractivity contribution < 1.29 is 4.74 Å². The van der Waals surface area contributed by atoms with Gasteiger partial charge >= 0.3 is 0 Å². The highest BCUT2D eigenvalue weighted by molar-refractivity contribution is 7.13. The molecule has 7 heteroatoms. The van der Waals surface area contributed by atoms with E-state index in [1.165, 1.54) is 0 Å². The number of rotatable bonds is 5. The van der Waals surface area contributed by atoms with Gasteiger partial charge in [-0.05, 0) is 39.4 Å². The van der Waals surface area contributed by atoms with Crippen molar-refractivity contribution in [2.45, 2.75) is 6.61 Å². The minimum atomic E-state index is 0.303. The van der Waals surface area contributed by atoms with E-state index in [-0.39, 0.29) is 0 Å². The highest BCUT2D eigenvalue weighted by Gasteiger charge is 2.08. The molecule has 5 aromatic rings. The van der Waals surface area contributed by atoms with Crippen LogP contribution in [0.15, 0.2) is 72.1 Å². The lowest BCUT2D eigenvalue weighted by Gasteiger charge is -2.06. The van der Waals surface area contributed by atoms with E-state index in [1.807, 2.05) is 30.3 Å². The number of H-pyrrole nitrogens is 1. The molecule has 0 saturated carbocycles. The van der Waals surface area contributed by atoms with E-state index in [0.29, 0.717) is 12.4 Å². The van der Waals surface area contributed by atoms with Gasteiger partial charge in [0.15, 0.2) is 5.82 Å². The number of nitrogens with zero attached hydrogens (tertiary/aromatic N) is 4. The van der Waals surface area contributed by atoms with E-state index in [1.54, 1.807) is 11.3 Å². The molecule has 0 amide bonds. The Morgan fingerprint density at radius 2 is 1.75 bits per heavy atom. The molecule has 0 spiro atoms. The molecule has 0 aliphatic heterocycles. The van der Waals surface area contributed by atoms with Crippen LogP contribution in [0.3, 0.4) is 0 Å². The Bertz CT molecular complexity index is 1220. The summed E-state index contributed by atoms with van der Waals surface area (Å²) in [5.41, 5.74) is 3.24. The van der Waals surface area contributed by atoms with Gasteiger partial charge in [-0.2, -0.15) is 0 Å². The second kappa shape index (κ2) is 7.21. The van der Waals surface area contributed by atoms with Crippen molar-refractivity contribution in [1.29, 1.82) is 0 Å². The smallest absolute Gasteiger partial charge is 0.186 e. The fourth-order valence-electron chi connectivity index (χ4n) is 2.98. The van der Waals surface area contributed by atoms with Crippen molar-refractivity contribution in [3.63, 3.8) is 0 Å². The molecule has 2 heterocycles. The third kappa shape index (κ3) is 3.35. The fraction of sp³-hybridized carbons (Fsp3) is 0.0476. The molecule has 0 bridgehead atoms. The number of benzene rings is 3. The molecule has 1 N–H and O–H groups in total. The van der Waals surface area contributed by atoms with Crippen molar-refractivity contribution >= 4 is 22.1 Å². The summed E-state index contributed by atoms with van der Waals surface area (Å²) >= 11 is 1.66. The van der Waals surface area contributed by atoms with Crippen LogP contribution in [0.4, 0.5) is 0 Å². The zero-order chi connectivity index (χ0) is 18.8. The topological polar surface area (TPSA) is 76.6 Å². The first-order valence-electron chi connectivity index (χ1n) is 8.76. The molecule has 28 heavy (non-hydrogen) atoms. The molecule has 0 aliphatic carbocycles. The highest BCUT2D eigenvalue weighted by atomic mass is 32.1. The molecule has 0 radical (unpaired) electrons. The maximum atomic E-state index is 5.74. The summed E-state index contributed by atoms with van der Waals surface area (Å²) in [4.78, 5) is 4.80. The average molecular weight is 385 g/mol. The van der Waals surface area contributed by atoms with Gasteiger partial charge in [0.25, 0.3) is 0 Å². The first-order valence-corrected chi connectivity index (χ1v) is 9.64. The number of fused-ring (bicyclic) bond motifs is 1. The van der Waals surface area contributed by atoms with Gasteiger partial charge < -0.3 is 4.74 Å². The van der Waals surface area contributed by atoms with Crippen LogP contribution in [-0.2, 0) is 6.61 Å². The molecule has 0 fully saturated rings. The molecule has 0 saturated heterocycles. The Kier molecular flexibility index (Phi) is 4.27. The summed E-state index contributed by atoms with van der Waals surface area (Å²) in [7, 11) is 0. The van der Waals surface area contributed by atoms with E-state index in [4.69, 9.17) is 9.72 Å². The van der Waals surface area contributed by atoms with Gasteiger partial charge in [0.2, 0.25) is 0 Å². The van der Waals surface area contributed by atoms with Gasteiger partial charge in [0.05, 0.1) is 5.69 Å². The summed E-state index contributed by atoms with van der Waals surface area (Å²) in [5, 5.41) is 19.0. The lowest BCUT2D eigenvalue weighted by molar-refractivity contribution is 0.296. The van der Waals surface area contributed by atoms with Crippen LogP contribution in [-0.4, -0.2) is 25.6 Å². The van der Waals surface area contributed by atoms with Crippen molar-refractivity contribution in [1.82, 2.24) is 25.6 Å². The molecule has 0 unspecified atom stereocenters. The molecule has 0 atom stereocenters. The number of hydrogen-bond acceptors (Lipinski definition) is 6. The molecule has 136 valence electrons. The maximum Gasteiger partial charge on any atom is 0.186 e. The average Bonchev–Trinajstić information content (AvgIpc) is 3.45. The summed E-state index contributed by atoms with van der Waals surface area (Å²) in [6, 6.07) is 22.6. The van der Waals surface area contributed by atoms with Gasteiger partial charge in [-0.25, -0.2) is 10.1 Å². The first-order chi connectivity index (χ1) is 13.8. The summed E-state index contributed by atoms with van der Waals surface area (Å²) in [5.74, 6) is 1.37. The standard InChI is InChI=1S/C21H15N5OS/c1-2-4-14(5-3-1)21-22-19(13-28-21)17-7-6-16-11-18(9-8-15(16)10-17)27-12-20-23-25-26-24-20/h1-11,13H,12H2,(H,23,24,25,26). The molecule has 5 rings (SSSR count). The van der Waals surface area contributed by atoms with Crippen LogP contribution < -0.4 is 4.74 Å². The number of hydrogen-bond donors (Lipinski definition) is 1. The van der Waals surface area contributed by atoms with Crippen LogP contribution >= 0.6 is 11.3 Å². The Morgan fingerprint density at radius 3 is 2.61 bits per heavy atom. The van der Waals surface area contributed by atoms with Gasteiger partial charge in [-0.15, -0.1) is 16.4 Å². The lowest BCUT2D eigenvalue weighted by Crippen LogP contribution is -1.97. The van der Waals surface area contributed by atoms with Crippen LogP contribution in [0.25, 0.3) is 32.6 Å². The third-order valence-corrected chi connectivity index (χ3v) is 5.29. The number of tetrazole rings is 1. The van der Waals surface area contributed by atoms with Crippen molar-refractivity contribution in [2.75, 3.05) is 0 Å². The van der Waals surface area contributed by atoms with Crippen molar-refractivity contribution in [3.8, 4) is 27.6 Å². The first kappa shape index (κ1) is 16.6. The predicted molar refractivity (Wildman–Crippen MR) is 109 cm³/mol. The van der Waals surface area contributed by atoms with Gasteiger partial charge in [0.1, 0.15) is 17.4 Å². The Balaban J connectivity index is 1.39. The molecular weight excluding hydrogens is 370 g/mol.